The quantitative estimate of drug-likeness (QED) is 0.222. The van der Waals surface area contributed by atoms with E-state index in [1.165, 1.54) is 0 Å². The minimum absolute atomic E-state index is 0.0500. The van der Waals surface area contributed by atoms with Crippen molar-refractivity contribution in [1.29, 1.82) is 0 Å². The van der Waals surface area contributed by atoms with Crippen molar-refractivity contribution in [2.45, 2.75) is 86.8 Å². The molecule has 0 radical (unpaired) electrons. The Balaban J connectivity index is 1.89. The summed E-state index contributed by atoms with van der Waals surface area (Å²) in [4.78, 5) is 46.2. The van der Waals surface area contributed by atoms with Gasteiger partial charge in [0.25, 0.3) is 0 Å². The molecule has 3 aliphatic heterocycles. The van der Waals surface area contributed by atoms with Crippen LogP contribution >= 0.6 is 27.7 Å². The normalized spacial score (nSPS) is 30.2. The van der Waals surface area contributed by atoms with Crippen molar-refractivity contribution in [3.8, 4) is 0 Å². The Morgan fingerprint density at radius 1 is 1.27 bits per heavy atom. The summed E-state index contributed by atoms with van der Waals surface area (Å²) in [5, 5.41) is 10.5. The van der Waals surface area contributed by atoms with Gasteiger partial charge in [0.1, 0.15) is 6.04 Å². The molecule has 2 amide bonds. The number of aliphatic hydroxyl groups excluding tert-OH is 1. The van der Waals surface area contributed by atoms with E-state index in [-0.39, 0.29) is 40.5 Å². The van der Waals surface area contributed by atoms with Crippen LogP contribution in [0.4, 0.5) is 0 Å². The Morgan fingerprint density at radius 3 is 2.48 bits per heavy atom. The Bertz CT molecular complexity index is 1140. The highest BCUT2D eigenvalue weighted by Crippen LogP contribution is 2.68. The molecule has 2 bridgehead atoms. The topological polar surface area (TPSA) is 87.2 Å². The number of esters is 1. The number of ether oxygens (including phenoxy) is 1. The molecule has 0 saturated carbocycles. The molecule has 1 aromatic carbocycles. The minimum atomic E-state index is -0.865. The second-order valence-corrected chi connectivity index (χ2v) is 15.8. The van der Waals surface area contributed by atoms with Crippen molar-refractivity contribution < 1.29 is 24.2 Å². The molecule has 4 rings (SSSR count). The van der Waals surface area contributed by atoms with Gasteiger partial charge in [0.2, 0.25) is 11.8 Å². The summed E-state index contributed by atoms with van der Waals surface area (Å²) in [6, 6.07) is 7.75. The molecule has 7 atom stereocenters. The van der Waals surface area contributed by atoms with Crippen LogP contribution in [0.5, 0.6) is 0 Å². The molecule has 220 valence electrons. The number of thioether (sulfide) groups is 1. The van der Waals surface area contributed by atoms with Gasteiger partial charge in [-0.05, 0) is 44.6 Å². The SMILES string of the molecule is C=CCN(C(=O)C1N([C@H](CO)c2ccccc2)C(=O)[C@@H]2[C@H](C(=O)OCC)[C@H]3SC12CC3Br)C(C)(C)CC(C)(C)C. The fourth-order valence-electron chi connectivity index (χ4n) is 7.53. The lowest BCUT2D eigenvalue weighted by Gasteiger charge is -2.46. The van der Waals surface area contributed by atoms with Crippen LogP contribution < -0.4 is 0 Å². The number of benzene rings is 1. The van der Waals surface area contributed by atoms with Gasteiger partial charge in [-0.25, -0.2) is 0 Å². The zero-order chi connectivity index (χ0) is 29.6. The molecule has 1 N–H and O–H groups in total. The van der Waals surface area contributed by atoms with E-state index in [0.29, 0.717) is 13.0 Å². The van der Waals surface area contributed by atoms with E-state index >= 15 is 0 Å². The lowest BCUT2D eigenvalue weighted by molar-refractivity contribution is -0.154. The summed E-state index contributed by atoms with van der Waals surface area (Å²) in [5.41, 5.74) is 0.160. The number of fused-ring (bicyclic) bond motifs is 1. The highest BCUT2D eigenvalue weighted by atomic mass is 79.9. The van der Waals surface area contributed by atoms with E-state index in [9.17, 15) is 19.5 Å². The molecule has 9 heteroatoms. The summed E-state index contributed by atoms with van der Waals surface area (Å²) >= 11 is 5.38. The number of aliphatic hydroxyl groups is 1. The van der Waals surface area contributed by atoms with Gasteiger partial charge in [-0.3, -0.25) is 14.4 Å². The van der Waals surface area contributed by atoms with Crippen LogP contribution in [0.1, 0.15) is 66.0 Å². The summed E-state index contributed by atoms with van der Waals surface area (Å²) in [6.07, 6.45) is 3.03. The Hall–Kier alpha value is -1.84. The molecular formula is C31H43BrN2O5S. The zero-order valence-electron chi connectivity index (χ0n) is 24.4. The minimum Gasteiger partial charge on any atom is -0.466 e. The molecule has 40 heavy (non-hydrogen) atoms. The predicted octanol–water partition coefficient (Wildman–Crippen LogP) is 4.98. The maximum Gasteiger partial charge on any atom is 0.310 e. The summed E-state index contributed by atoms with van der Waals surface area (Å²) < 4.78 is 4.65. The average Bonchev–Trinajstić information content (AvgIpc) is 3.46. The fourth-order valence-corrected chi connectivity index (χ4v) is 11.1. The lowest BCUT2D eigenvalue weighted by atomic mass is 9.70. The van der Waals surface area contributed by atoms with Gasteiger partial charge < -0.3 is 19.6 Å². The maximum absolute atomic E-state index is 15.0. The Kier molecular flexibility index (Phi) is 8.90. The standard InChI is InChI=1S/C31H43BrN2O5S/c1-8-15-33(30(6,7)18-29(3,4)5)27(37)25-31-16-20(32)24(40-31)22(28(38)39-9-2)23(31)26(36)34(25)21(17-35)19-13-11-10-12-14-19/h8,10-14,20-25,35H,1,9,15-18H2,2-7H3/t20?,21-,22+,23+,24+,25?,31?/m1/s1. The third-order valence-corrected chi connectivity index (χ3v) is 11.7. The van der Waals surface area contributed by atoms with Gasteiger partial charge in [-0.15, -0.1) is 18.3 Å². The molecular weight excluding hydrogens is 592 g/mol. The van der Waals surface area contributed by atoms with Crippen LogP contribution in [0.15, 0.2) is 43.0 Å². The molecule has 1 aromatic rings. The highest BCUT2D eigenvalue weighted by molar-refractivity contribution is 9.09. The van der Waals surface area contributed by atoms with Gasteiger partial charge in [0.15, 0.2) is 0 Å². The van der Waals surface area contributed by atoms with E-state index in [1.807, 2.05) is 35.2 Å². The number of rotatable bonds is 10. The number of carbonyl (C=O) groups is 3. The van der Waals surface area contributed by atoms with Gasteiger partial charge in [0.05, 0.1) is 35.8 Å². The number of hydrogen-bond donors (Lipinski definition) is 1. The van der Waals surface area contributed by atoms with Crippen molar-refractivity contribution in [2.24, 2.45) is 17.3 Å². The fraction of sp³-hybridized carbons (Fsp3) is 0.645. The Labute approximate surface area is 251 Å². The van der Waals surface area contributed by atoms with Gasteiger partial charge in [0, 0.05) is 22.2 Å². The largest absolute Gasteiger partial charge is 0.466 e. The molecule has 3 unspecified atom stereocenters. The third kappa shape index (κ3) is 5.26. The number of amides is 2. The molecule has 3 fully saturated rings. The van der Waals surface area contributed by atoms with Crippen molar-refractivity contribution in [3.05, 3.63) is 48.6 Å². The molecule has 3 heterocycles. The zero-order valence-corrected chi connectivity index (χ0v) is 26.8. The van der Waals surface area contributed by atoms with Crippen molar-refractivity contribution in [2.75, 3.05) is 19.8 Å². The van der Waals surface area contributed by atoms with Crippen molar-refractivity contribution in [3.63, 3.8) is 0 Å². The van der Waals surface area contributed by atoms with Gasteiger partial charge in [-0.1, -0.05) is 73.1 Å². The second kappa shape index (κ2) is 11.4. The maximum atomic E-state index is 15.0. The lowest BCUT2D eigenvalue weighted by Crippen LogP contribution is -2.60. The van der Waals surface area contributed by atoms with E-state index in [1.54, 1.807) is 29.7 Å². The van der Waals surface area contributed by atoms with Crippen molar-refractivity contribution >= 4 is 45.5 Å². The first-order valence-corrected chi connectivity index (χ1v) is 15.9. The average molecular weight is 636 g/mol. The number of halogens is 1. The first-order chi connectivity index (χ1) is 18.7. The van der Waals surface area contributed by atoms with E-state index < -0.39 is 40.2 Å². The van der Waals surface area contributed by atoms with E-state index in [0.717, 1.165) is 12.0 Å². The molecule has 0 aliphatic carbocycles. The second-order valence-electron chi connectivity index (χ2n) is 13.1. The van der Waals surface area contributed by atoms with Crippen LogP contribution in [0.3, 0.4) is 0 Å². The molecule has 7 nitrogen and oxygen atoms in total. The number of likely N-dealkylation sites (tertiary alicyclic amines) is 1. The van der Waals surface area contributed by atoms with E-state index in [2.05, 4.69) is 57.1 Å². The molecule has 1 spiro atoms. The summed E-state index contributed by atoms with van der Waals surface area (Å²) in [6.45, 7) is 16.5. The van der Waals surface area contributed by atoms with Crippen LogP contribution in [0, 0.1) is 17.3 Å². The van der Waals surface area contributed by atoms with Crippen LogP contribution in [-0.2, 0) is 19.1 Å². The van der Waals surface area contributed by atoms with Crippen molar-refractivity contribution in [1.82, 2.24) is 9.80 Å². The number of hydrogen-bond acceptors (Lipinski definition) is 6. The first kappa shape index (κ1) is 31.1. The monoisotopic (exact) mass is 634 g/mol. The number of carbonyl (C=O) groups excluding carboxylic acids is 3. The predicted molar refractivity (Wildman–Crippen MR) is 162 cm³/mol. The van der Waals surface area contributed by atoms with Crippen LogP contribution in [0.25, 0.3) is 0 Å². The van der Waals surface area contributed by atoms with Crippen LogP contribution in [0.2, 0.25) is 0 Å². The molecule has 3 aliphatic rings. The first-order valence-electron chi connectivity index (χ1n) is 14.1. The molecule has 3 saturated heterocycles. The Morgan fingerprint density at radius 2 is 1.93 bits per heavy atom. The summed E-state index contributed by atoms with van der Waals surface area (Å²) in [5.74, 6) is -2.20. The van der Waals surface area contributed by atoms with Gasteiger partial charge >= 0.3 is 5.97 Å². The smallest absolute Gasteiger partial charge is 0.310 e. The van der Waals surface area contributed by atoms with Gasteiger partial charge in [-0.2, -0.15) is 0 Å². The van der Waals surface area contributed by atoms with E-state index in [4.69, 9.17) is 4.74 Å². The highest BCUT2D eigenvalue weighted by Gasteiger charge is 2.77. The number of alkyl halides is 1. The third-order valence-electron chi connectivity index (χ3n) is 8.48. The molecule has 0 aromatic heterocycles. The summed E-state index contributed by atoms with van der Waals surface area (Å²) in [7, 11) is 0. The number of nitrogens with zero attached hydrogens (tertiary/aromatic N) is 2. The van der Waals surface area contributed by atoms with Crippen LogP contribution in [-0.4, -0.2) is 78.9 Å².